The van der Waals surface area contributed by atoms with Crippen LogP contribution in [0.15, 0.2) is 36.4 Å². The van der Waals surface area contributed by atoms with E-state index in [0.717, 1.165) is 17.5 Å². The Bertz CT molecular complexity index is 777. The van der Waals surface area contributed by atoms with Crippen LogP contribution in [0.5, 0.6) is 11.5 Å². The molecule has 0 aliphatic carbocycles. The topological polar surface area (TPSA) is 59.6 Å². The summed E-state index contributed by atoms with van der Waals surface area (Å²) in [6.45, 7) is 5.41. The van der Waals surface area contributed by atoms with E-state index in [2.05, 4.69) is 29.7 Å². The van der Waals surface area contributed by atoms with Crippen molar-refractivity contribution in [2.45, 2.75) is 32.9 Å². The number of amides is 2. The summed E-state index contributed by atoms with van der Waals surface area (Å²) < 4.78 is 11.1. The number of benzene rings is 2. The lowest BCUT2D eigenvalue weighted by Crippen LogP contribution is -2.36. The minimum atomic E-state index is -0.233. The maximum absolute atomic E-state index is 12.2. The molecule has 0 spiro atoms. The third kappa shape index (κ3) is 4.41. The van der Waals surface area contributed by atoms with E-state index in [4.69, 9.17) is 21.1 Å². The van der Waals surface area contributed by atoms with Gasteiger partial charge < -0.3 is 20.1 Å². The van der Waals surface area contributed by atoms with Gasteiger partial charge in [0.2, 0.25) is 0 Å². The summed E-state index contributed by atoms with van der Waals surface area (Å²) in [4.78, 5) is 12.2. The summed E-state index contributed by atoms with van der Waals surface area (Å²) >= 11 is 6.22. The van der Waals surface area contributed by atoms with Gasteiger partial charge in [-0.25, -0.2) is 4.79 Å². The molecule has 5 nitrogen and oxygen atoms in total. The molecule has 2 amide bonds. The largest absolute Gasteiger partial charge is 0.486 e. The zero-order valence-electron chi connectivity index (χ0n) is 15.0. The first-order valence-electron chi connectivity index (χ1n) is 8.78. The number of hydrogen-bond acceptors (Lipinski definition) is 3. The number of nitrogens with one attached hydrogen (secondary N) is 2. The molecule has 0 saturated heterocycles. The molecule has 2 aromatic carbocycles. The molecular formula is C20H23ClN2O3. The van der Waals surface area contributed by atoms with Crippen molar-refractivity contribution in [1.29, 1.82) is 0 Å². The van der Waals surface area contributed by atoms with Crippen LogP contribution in [0.2, 0.25) is 5.02 Å². The number of aryl methyl sites for hydroxylation is 1. The normalized spacial score (nSPS) is 13.8. The molecule has 6 heteroatoms. The molecule has 3 rings (SSSR count). The van der Waals surface area contributed by atoms with Crippen molar-refractivity contribution in [2.75, 3.05) is 13.2 Å². The highest BCUT2D eigenvalue weighted by Crippen LogP contribution is 2.38. The maximum atomic E-state index is 12.2. The predicted octanol–water partition coefficient (Wildman–Crippen LogP) is 4.23. The Morgan fingerprint density at radius 1 is 1.15 bits per heavy atom. The van der Waals surface area contributed by atoms with Crippen LogP contribution in [0, 0.1) is 0 Å². The van der Waals surface area contributed by atoms with Gasteiger partial charge >= 0.3 is 6.03 Å². The highest BCUT2D eigenvalue weighted by Gasteiger charge is 2.17. The van der Waals surface area contributed by atoms with Crippen LogP contribution >= 0.6 is 11.6 Å². The Morgan fingerprint density at radius 2 is 1.88 bits per heavy atom. The van der Waals surface area contributed by atoms with Gasteiger partial charge in [0.15, 0.2) is 11.5 Å². The van der Waals surface area contributed by atoms with Gasteiger partial charge in [0.25, 0.3) is 0 Å². The van der Waals surface area contributed by atoms with E-state index in [1.165, 1.54) is 5.56 Å². The van der Waals surface area contributed by atoms with E-state index in [1.54, 1.807) is 6.07 Å². The van der Waals surface area contributed by atoms with Crippen LogP contribution in [0.1, 0.15) is 36.6 Å². The van der Waals surface area contributed by atoms with Gasteiger partial charge in [0.05, 0.1) is 11.1 Å². The van der Waals surface area contributed by atoms with E-state index in [9.17, 15) is 4.79 Å². The fraction of sp³-hybridized carbons (Fsp3) is 0.350. The summed E-state index contributed by atoms with van der Waals surface area (Å²) in [6.07, 6.45) is 1.00. The maximum Gasteiger partial charge on any atom is 0.315 e. The highest BCUT2D eigenvalue weighted by atomic mass is 35.5. The van der Waals surface area contributed by atoms with Crippen LogP contribution in [-0.2, 0) is 13.0 Å². The van der Waals surface area contributed by atoms with E-state index in [-0.39, 0.29) is 12.1 Å². The second-order valence-electron chi connectivity index (χ2n) is 6.25. The first kappa shape index (κ1) is 18.4. The molecule has 0 fully saturated rings. The van der Waals surface area contributed by atoms with Crippen LogP contribution in [0.25, 0.3) is 0 Å². The Morgan fingerprint density at radius 3 is 2.62 bits per heavy atom. The minimum Gasteiger partial charge on any atom is -0.486 e. The Labute approximate surface area is 158 Å². The number of carbonyl (C=O) groups is 1. The molecule has 1 atom stereocenters. The van der Waals surface area contributed by atoms with Crippen LogP contribution < -0.4 is 20.1 Å². The zero-order chi connectivity index (χ0) is 18.5. The van der Waals surface area contributed by atoms with Crippen molar-refractivity contribution in [3.05, 3.63) is 58.1 Å². The van der Waals surface area contributed by atoms with Crippen molar-refractivity contribution in [3.8, 4) is 11.5 Å². The fourth-order valence-corrected chi connectivity index (χ4v) is 3.11. The van der Waals surface area contributed by atoms with E-state index < -0.39 is 0 Å². The summed E-state index contributed by atoms with van der Waals surface area (Å²) in [6, 6.07) is 11.6. The first-order valence-corrected chi connectivity index (χ1v) is 9.16. The average Bonchev–Trinajstić information content (AvgIpc) is 2.66. The molecule has 2 N–H and O–H groups in total. The van der Waals surface area contributed by atoms with Crippen LogP contribution in [0.4, 0.5) is 4.79 Å². The third-order valence-electron chi connectivity index (χ3n) is 4.35. The summed E-state index contributed by atoms with van der Waals surface area (Å²) in [7, 11) is 0. The predicted molar refractivity (Wildman–Crippen MR) is 102 cm³/mol. The number of rotatable bonds is 5. The highest BCUT2D eigenvalue weighted by molar-refractivity contribution is 6.32. The molecule has 2 aromatic rings. The number of urea groups is 1. The molecule has 0 saturated carbocycles. The molecule has 138 valence electrons. The standard InChI is InChI=1S/C20H23ClN2O3/c1-3-14-4-6-16(7-5-14)13(2)23-20(24)22-12-15-10-17(21)19-18(11-15)25-8-9-26-19/h4-7,10-11,13H,3,8-9,12H2,1-2H3,(H2,22,23,24). The van der Waals surface area contributed by atoms with Gasteiger partial charge in [-0.05, 0) is 42.2 Å². The van der Waals surface area contributed by atoms with Crippen molar-refractivity contribution < 1.29 is 14.3 Å². The van der Waals surface area contributed by atoms with E-state index in [1.807, 2.05) is 25.1 Å². The number of hydrogen-bond donors (Lipinski definition) is 2. The Kier molecular flexibility index (Phi) is 5.89. The summed E-state index contributed by atoms with van der Waals surface area (Å²) in [5, 5.41) is 6.28. The van der Waals surface area contributed by atoms with Crippen molar-refractivity contribution in [1.82, 2.24) is 10.6 Å². The zero-order valence-corrected chi connectivity index (χ0v) is 15.7. The van der Waals surface area contributed by atoms with E-state index >= 15 is 0 Å². The lowest BCUT2D eigenvalue weighted by molar-refractivity contribution is 0.171. The van der Waals surface area contributed by atoms with Gasteiger partial charge in [-0.2, -0.15) is 0 Å². The van der Waals surface area contributed by atoms with Gasteiger partial charge in [-0.1, -0.05) is 42.8 Å². The second-order valence-corrected chi connectivity index (χ2v) is 6.65. The molecule has 1 aliphatic rings. The molecular weight excluding hydrogens is 352 g/mol. The fourth-order valence-electron chi connectivity index (χ4n) is 2.82. The quantitative estimate of drug-likeness (QED) is 0.823. The third-order valence-corrected chi connectivity index (χ3v) is 4.63. The molecule has 1 heterocycles. The monoisotopic (exact) mass is 374 g/mol. The molecule has 0 radical (unpaired) electrons. The second kappa shape index (κ2) is 8.32. The lowest BCUT2D eigenvalue weighted by atomic mass is 10.1. The SMILES string of the molecule is CCc1ccc(C(C)NC(=O)NCc2cc(Cl)c3c(c2)OCCO3)cc1. The molecule has 1 unspecified atom stereocenters. The van der Waals surface area contributed by atoms with Gasteiger partial charge in [-0.3, -0.25) is 0 Å². The molecule has 0 bridgehead atoms. The number of halogens is 1. The molecule has 26 heavy (non-hydrogen) atoms. The van der Waals surface area contributed by atoms with Crippen molar-refractivity contribution in [2.24, 2.45) is 0 Å². The number of fused-ring (bicyclic) bond motifs is 1. The first-order chi connectivity index (χ1) is 12.6. The lowest BCUT2D eigenvalue weighted by Gasteiger charge is -2.20. The molecule has 0 aromatic heterocycles. The summed E-state index contributed by atoms with van der Waals surface area (Å²) in [5.74, 6) is 1.18. The number of ether oxygens (including phenoxy) is 2. The van der Waals surface area contributed by atoms with Crippen LogP contribution in [0.3, 0.4) is 0 Å². The van der Waals surface area contributed by atoms with E-state index in [0.29, 0.717) is 36.3 Å². The van der Waals surface area contributed by atoms with Gasteiger partial charge in [0, 0.05) is 6.54 Å². The smallest absolute Gasteiger partial charge is 0.315 e. The number of carbonyl (C=O) groups excluding carboxylic acids is 1. The van der Waals surface area contributed by atoms with Crippen molar-refractivity contribution in [3.63, 3.8) is 0 Å². The molecule has 1 aliphatic heterocycles. The van der Waals surface area contributed by atoms with Crippen molar-refractivity contribution >= 4 is 17.6 Å². The Balaban J connectivity index is 1.56. The van der Waals surface area contributed by atoms with Gasteiger partial charge in [0.1, 0.15) is 13.2 Å². The van der Waals surface area contributed by atoms with Gasteiger partial charge in [-0.15, -0.1) is 0 Å². The van der Waals surface area contributed by atoms with Crippen LogP contribution in [-0.4, -0.2) is 19.2 Å². The minimum absolute atomic E-state index is 0.0789. The Hall–Kier alpha value is -2.40. The summed E-state index contributed by atoms with van der Waals surface area (Å²) in [5.41, 5.74) is 3.20. The average molecular weight is 375 g/mol.